The number of rotatable bonds is 8. The van der Waals surface area contributed by atoms with Gasteiger partial charge in [0.1, 0.15) is 18.3 Å². The summed E-state index contributed by atoms with van der Waals surface area (Å²) in [6.07, 6.45) is -5.93. The number of aliphatic hydroxyl groups excluding tert-OH is 2. The monoisotopic (exact) mass is 527 g/mol. The number of ether oxygens (including phenoxy) is 1. The molecule has 17 nitrogen and oxygen atoms in total. The van der Waals surface area contributed by atoms with E-state index in [4.69, 9.17) is 9.63 Å². The van der Waals surface area contributed by atoms with Crippen LogP contribution in [0.3, 0.4) is 0 Å². The molecule has 4 N–H and O–H groups in total. The van der Waals surface area contributed by atoms with Gasteiger partial charge in [-0.15, -0.1) is 0 Å². The zero-order chi connectivity index (χ0) is 22.2. The zero-order valence-electron chi connectivity index (χ0n) is 15.7. The average molecular weight is 527 g/mol. The van der Waals surface area contributed by atoms with E-state index in [0.29, 0.717) is 4.57 Å². The van der Waals surface area contributed by atoms with E-state index in [0.717, 1.165) is 12.3 Å². The van der Waals surface area contributed by atoms with Gasteiger partial charge >= 0.3 is 64.8 Å². The Morgan fingerprint density at radius 3 is 2.16 bits per heavy atom. The van der Waals surface area contributed by atoms with Crippen molar-refractivity contribution in [1.29, 1.82) is 0 Å². The SMILES string of the molecule is O=c1ccn([C@@H]2O[C@H](COP(=O)([O-])OP(=O)([O-])OP(=O)([O-])O)[C@@H](O)[C@H]2O)c(=O)[nH]1.[Na+].[Na+]. The van der Waals surface area contributed by atoms with E-state index in [1.54, 1.807) is 0 Å². The molecule has 0 aromatic carbocycles. The molecule has 0 radical (unpaired) electrons. The molecule has 1 aromatic heterocycles. The Bertz CT molecular complexity index is 1010. The van der Waals surface area contributed by atoms with Crippen LogP contribution < -0.4 is 85.0 Å². The van der Waals surface area contributed by atoms with Crippen molar-refractivity contribution in [3.8, 4) is 0 Å². The van der Waals surface area contributed by atoms with E-state index in [2.05, 4.69) is 13.1 Å². The molecule has 1 aromatic rings. The van der Waals surface area contributed by atoms with E-state index >= 15 is 0 Å². The molecular formula is C9H12N2Na2O15P3-. The third-order valence-corrected chi connectivity index (χ3v) is 6.95. The molecule has 0 aliphatic carbocycles. The van der Waals surface area contributed by atoms with Crippen LogP contribution in [0, 0.1) is 0 Å². The van der Waals surface area contributed by atoms with Crippen molar-refractivity contribution in [1.82, 2.24) is 9.55 Å². The Kier molecular flexibility index (Phi) is 12.5. The maximum absolute atomic E-state index is 11.7. The molecule has 0 bridgehead atoms. The number of hydrogen-bond donors (Lipinski definition) is 4. The molecule has 166 valence electrons. The predicted octanol–water partition coefficient (Wildman–Crippen LogP) is -10.4. The van der Waals surface area contributed by atoms with Crippen molar-refractivity contribution >= 4 is 23.5 Å². The van der Waals surface area contributed by atoms with Crippen LogP contribution in [-0.2, 0) is 31.6 Å². The van der Waals surface area contributed by atoms with E-state index in [1.807, 2.05) is 4.98 Å². The van der Waals surface area contributed by atoms with Gasteiger partial charge < -0.3 is 39.0 Å². The molecule has 7 atom stereocenters. The third kappa shape index (κ3) is 9.62. The van der Waals surface area contributed by atoms with Crippen LogP contribution in [0.15, 0.2) is 21.9 Å². The maximum atomic E-state index is 11.7. The summed E-state index contributed by atoms with van der Waals surface area (Å²) >= 11 is 0. The fraction of sp³-hybridized carbons (Fsp3) is 0.556. The number of phosphoric acid groups is 3. The van der Waals surface area contributed by atoms with Gasteiger partial charge in [0, 0.05) is 12.3 Å². The second kappa shape index (κ2) is 12.1. The van der Waals surface area contributed by atoms with Crippen LogP contribution in [-0.4, -0.2) is 49.6 Å². The van der Waals surface area contributed by atoms with E-state index in [9.17, 15) is 48.2 Å². The summed E-state index contributed by atoms with van der Waals surface area (Å²) in [6.45, 7) is -1.15. The van der Waals surface area contributed by atoms with Gasteiger partial charge in [-0.1, -0.05) is 0 Å². The van der Waals surface area contributed by atoms with Gasteiger partial charge in [-0.3, -0.25) is 28.0 Å². The fourth-order valence-electron chi connectivity index (χ4n) is 2.18. The normalized spacial score (nSPS) is 29.0. The summed E-state index contributed by atoms with van der Waals surface area (Å²) < 4.78 is 49.3. The van der Waals surface area contributed by atoms with Crippen molar-refractivity contribution in [3.05, 3.63) is 33.1 Å². The molecule has 22 heteroatoms. The molecule has 3 unspecified atom stereocenters. The first-order valence-electron chi connectivity index (χ1n) is 7.16. The Balaban J connectivity index is 0.00000450. The van der Waals surface area contributed by atoms with Gasteiger partial charge in [-0.05, 0) is 0 Å². The first kappa shape index (κ1) is 32.0. The maximum Gasteiger partial charge on any atom is 1.00 e. The van der Waals surface area contributed by atoms with Crippen LogP contribution in [0.4, 0.5) is 0 Å². The quantitative estimate of drug-likeness (QED) is 0.180. The molecule has 1 aliphatic rings. The first-order valence-corrected chi connectivity index (χ1v) is 11.6. The molecule has 0 saturated carbocycles. The van der Waals surface area contributed by atoms with E-state index < -0.39 is 65.9 Å². The van der Waals surface area contributed by atoms with Gasteiger partial charge in [0.05, 0.1) is 6.61 Å². The molecule has 1 fully saturated rings. The van der Waals surface area contributed by atoms with Crippen LogP contribution in [0.5, 0.6) is 0 Å². The van der Waals surface area contributed by atoms with Gasteiger partial charge in [-0.2, -0.15) is 0 Å². The minimum atomic E-state index is -6.10. The molecule has 1 aliphatic heterocycles. The van der Waals surface area contributed by atoms with Crippen molar-refractivity contribution in [2.45, 2.75) is 24.5 Å². The minimum Gasteiger partial charge on any atom is -0.756 e. The molecule has 31 heavy (non-hydrogen) atoms. The molecule has 0 spiro atoms. The molecular weight excluding hydrogens is 515 g/mol. The molecule has 1 saturated heterocycles. The number of aromatic amines is 1. The number of aliphatic hydroxyl groups is 2. The Morgan fingerprint density at radius 2 is 1.65 bits per heavy atom. The van der Waals surface area contributed by atoms with Gasteiger partial charge in [-0.25, -0.2) is 13.4 Å². The minimum absolute atomic E-state index is 0. The molecule has 0 amide bonds. The number of H-pyrrole nitrogens is 1. The van der Waals surface area contributed by atoms with Gasteiger partial charge in [0.15, 0.2) is 6.23 Å². The zero-order valence-corrected chi connectivity index (χ0v) is 22.4. The average Bonchev–Trinajstić information content (AvgIpc) is 2.78. The first-order chi connectivity index (χ1) is 13.1. The third-order valence-electron chi connectivity index (χ3n) is 3.26. The number of aromatic nitrogens is 2. The van der Waals surface area contributed by atoms with E-state index in [-0.39, 0.29) is 59.1 Å². The van der Waals surface area contributed by atoms with Crippen molar-refractivity contribution in [2.75, 3.05) is 6.61 Å². The van der Waals surface area contributed by atoms with E-state index in [1.165, 1.54) is 0 Å². The molecule has 2 heterocycles. The van der Waals surface area contributed by atoms with Gasteiger partial charge in [0.2, 0.25) is 0 Å². The molecule has 2 rings (SSSR count). The van der Waals surface area contributed by atoms with Crippen LogP contribution in [0.25, 0.3) is 0 Å². The Hall–Kier alpha value is 0.970. The Labute approximate surface area is 216 Å². The summed E-state index contributed by atoms with van der Waals surface area (Å²) in [5.74, 6) is 0. The number of nitrogens with zero attached hydrogens (tertiary/aromatic N) is 1. The van der Waals surface area contributed by atoms with Crippen molar-refractivity contribution < 1.29 is 120 Å². The largest absolute Gasteiger partial charge is 1.00 e. The predicted molar refractivity (Wildman–Crippen MR) is 80.4 cm³/mol. The summed E-state index contributed by atoms with van der Waals surface area (Å²) in [7, 11) is -17.8. The standard InChI is InChI=1S/C9H15N2O15P3.2Na/c12-5-1-2-11(9(15)10-5)8-7(14)6(13)4(24-8)3-23-28(19,20)26-29(21,22)25-27(16,17)18;;/h1-2,4,6-8,13-14H,3H2,(H,19,20)(H,21,22)(H,10,12,15)(H2,16,17,18);;/q;2*+1/p-3/t4-,6-,7-,8-;;/m1../s1. The fourth-order valence-corrected chi connectivity index (χ4v) is 5.07. The van der Waals surface area contributed by atoms with Crippen molar-refractivity contribution in [3.63, 3.8) is 0 Å². The van der Waals surface area contributed by atoms with Crippen LogP contribution in [0.1, 0.15) is 6.23 Å². The Morgan fingerprint density at radius 1 is 1.06 bits per heavy atom. The number of hydrogen-bond acceptors (Lipinski definition) is 14. The van der Waals surface area contributed by atoms with Crippen LogP contribution in [0.2, 0.25) is 0 Å². The second-order valence-electron chi connectivity index (χ2n) is 5.39. The summed E-state index contributed by atoms with van der Waals surface area (Å²) in [5, 5.41) is 19.8. The second-order valence-corrected chi connectivity index (χ2v) is 9.68. The van der Waals surface area contributed by atoms with Crippen LogP contribution >= 0.6 is 23.5 Å². The smallest absolute Gasteiger partial charge is 0.756 e. The summed E-state index contributed by atoms with van der Waals surface area (Å²) in [5.41, 5.74) is -1.79. The summed E-state index contributed by atoms with van der Waals surface area (Å²) in [6, 6.07) is 0.898. The van der Waals surface area contributed by atoms with Gasteiger partial charge in [0.25, 0.3) is 29.0 Å². The number of nitrogens with one attached hydrogen (secondary N) is 1. The number of phosphoric ester groups is 1. The van der Waals surface area contributed by atoms with Crippen molar-refractivity contribution in [2.24, 2.45) is 0 Å². The summed E-state index contributed by atoms with van der Waals surface area (Å²) in [4.78, 5) is 65.8. The topological polar surface area (TPSA) is 273 Å².